The van der Waals surface area contributed by atoms with Crippen LogP contribution in [0.3, 0.4) is 0 Å². The molecule has 0 unspecified atom stereocenters. The van der Waals surface area contributed by atoms with E-state index in [9.17, 15) is 0 Å². The van der Waals surface area contributed by atoms with Gasteiger partial charge in [-0.1, -0.05) is 23.7 Å². The molecule has 2 N–H and O–H groups in total. The maximum Gasteiger partial charge on any atom is 0.171 e. The smallest absolute Gasteiger partial charge is 0.171 e. The van der Waals surface area contributed by atoms with Crippen LogP contribution in [-0.4, -0.2) is 17.0 Å². The number of hydrogen-bond acceptors (Lipinski definition) is 4. The van der Waals surface area contributed by atoms with E-state index in [0.717, 1.165) is 10.6 Å². The second-order valence-electron chi connectivity index (χ2n) is 3.75. The van der Waals surface area contributed by atoms with E-state index in [2.05, 4.69) is 9.97 Å². The van der Waals surface area contributed by atoms with Crippen molar-refractivity contribution in [1.29, 1.82) is 0 Å². The van der Waals surface area contributed by atoms with Gasteiger partial charge in [0.2, 0.25) is 0 Å². The highest BCUT2D eigenvalue weighted by Crippen LogP contribution is 2.18. The standard InChI is InChI=1S/C12H13ClN4/c1-17(12-11(14)15-5-6-16-12)8-9-3-2-4-10(13)7-9/h2-7H,8H2,1H3,(H2,14,15). The Morgan fingerprint density at radius 2 is 2.06 bits per heavy atom. The lowest BCUT2D eigenvalue weighted by atomic mass is 10.2. The van der Waals surface area contributed by atoms with Crippen LogP contribution in [0.1, 0.15) is 5.56 Å². The van der Waals surface area contributed by atoms with Crippen molar-refractivity contribution in [1.82, 2.24) is 9.97 Å². The van der Waals surface area contributed by atoms with Crippen LogP contribution < -0.4 is 10.6 Å². The highest BCUT2D eigenvalue weighted by atomic mass is 35.5. The fourth-order valence-corrected chi connectivity index (χ4v) is 1.83. The Kier molecular flexibility index (Phi) is 3.44. The van der Waals surface area contributed by atoms with E-state index in [1.165, 1.54) is 0 Å². The fourth-order valence-electron chi connectivity index (χ4n) is 1.62. The molecule has 88 valence electrons. The van der Waals surface area contributed by atoms with Gasteiger partial charge < -0.3 is 10.6 Å². The summed E-state index contributed by atoms with van der Waals surface area (Å²) >= 11 is 5.93. The molecular weight excluding hydrogens is 236 g/mol. The molecule has 0 amide bonds. The minimum absolute atomic E-state index is 0.428. The molecule has 0 aliphatic carbocycles. The maximum absolute atomic E-state index is 5.93. The average molecular weight is 249 g/mol. The lowest BCUT2D eigenvalue weighted by Gasteiger charge is -2.19. The van der Waals surface area contributed by atoms with Gasteiger partial charge in [-0.05, 0) is 17.7 Å². The Labute approximate surface area is 105 Å². The lowest BCUT2D eigenvalue weighted by molar-refractivity contribution is 0.893. The van der Waals surface area contributed by atoms with Crippen molar-refractivity contribution in [2.24, 2.45) is 0 Å². The molecule has 0 saturated carbocycles. The number of anilines is 2. The molecule has 0 saturated heterocycles. The zero-order valence-corrected chi connectivity index (χ0v) is 10.2. The third-order valence-corrected chi connectivity index (χ3v) is 2.61. The summed E-state index contributed by atoms with van der Waals surface area (Å²) in [4.78, 5) is 10.1. The number of hydrogen-bond donors (Lipinski definition) is 1. The van der Waals surface area contributed by atoms with Crippen molar-refractivity contribution < 1.29 is 0 Å². The summed E-state index contributed by atoms with van der Waals surface area (Å²) < 4.78 is 0. The normalized spacial score (nSPS) is 10.2. The molecule has 1 aromatic carbocycles. The summed E-state index contributed by atoms with van der Waals surface area (Å²) in [5.74, 6) is 1.10. The first kappa shape index (κ1) is 11.7. The molecule has 2 aromatic rings. The van der Waals surface area contributed by atoms with Gasteiger partial charge in [-0.25, -0.2) is 9.97 Å². The van der Waals surface area contributed by atoms with Crippen LogP contribution in [-0.2, 0) is 6.54 Å². The van der Waals surface area contributed by atoms with Crippen molar-refractivity contribution in [3.05, 3.63) is 47.2 Å². The predicted octanol–water partition coefficient (Wildman–Crippen LogP) is 2.35. The first-order valence-corrected chi connectivity index (χ1v) is 5.56. The van der Waals surface area contributed by atoms with Crippen LogP contribution in [0.15, 0.2) is 36.7 Å². The summed E-state index contributed by atoms with van der Waals surface area (Å²) in [5, 5.41) is 0.725. The molecule has 0 spiro atoms. The summed E-state index contributed by atoms with van der Waals surface area (Å²) in [6.07, 6.45) is 3.20. The molecule has 4 nitrogen and oxygen atoms in total. The molecule has 0 aliphatic rings. The second kappa shape index (κ2) is 5.01. The third kappa shape index (κ3) is 2.85. The molecule has 1 aromatic heterocycles. The maximum atomic E-state index is 5.93. The minimum Gasteiger partial charge on any atom is -0.381 e. The molecule has 5 heteroatoms. The number of rotatable bonds is 3. The number of nitrogen functional groups attached to an aromatic ring is 1. The Morgan fingerprint density at radius 3 is 2.76 bits per heavy atom. The van der Waals surface area contributed by atoms with Crippen LogP contribution in [0.2, 0.25) is 5.02 Å². The van der Waals surface area contributed by atoms with Gasteiger partial charge in [0.25, 0.3) is 0 Å². The van der Waals surface area contributed by atoms with E-state index in [4.69, 9.17) is 17.3 Å². The van der Waals surface area contributed by atoms with E-state index < -0.39 is 0 Å². The Hall–Kier alpha value is -1.81. The van der Waals surface area contributed by atoms with Crippen LogP contribution in [0.5, 0.6) is 0 Å². The Balaban J connectivity index is 2.17. The van der Waals surface area contributed by atoms with Gasteiger partial charge in [0.05, 0.1) is 0 Å². The quantitative estimate of drug-likeness (QED) is 0.906. The van der Waals surface area contributed by atoms with E-state index in [1.807, 2.05) is 36.2 Å². The fraction of sp³-hybridized carbons (Fsp3) is 0.167. The molecule has 0 fully saturated rings. The minimum atomic E-state index is 0.428. The molecule has 1 heterocycles. The summed E-state index contributed by atoms with van der Waals surface area (Å²) in [7, 11) is 1.92. The van der Waals surface area contributed by atoms with Crippen LogP contribution in [0, 0.1) is 0 Å². The average Bonchev–Trinajstić information content (AvgIpc) is 2.29. The topological polar surface area (TPSA) is 55.0 Å². The summed E-state index contributed by atoms with van der Waals surface area (Å²) in [5.41, 5.74) is 6.87. The van der Waals surface area contributed by atoms with E-state index >= 15 is 0 Å². The monoisotopic (exact) mass is 248 g/mol. The first-order chi connectivity index (χ1) is 8.16. The highest BCUT2D eigenvalue weighted by Gasteiger charge is 2.07. The van der Waals surface area contributed by atoms with Crippen molar-refractivity contribution in [3.8, 4) is 0 Å². The van der Waals surface area contributed by atoms with Crippen molar-refractivity contribution in [2.75, 3.05) is 17.7 Å². The van der Waals surface area contributed by atoms with Crippen LogP contribution in [0.25, 0.3) is 0 Å². The van der Waals surface area contributed by atoms with Gasteiger partial charge in [0, 0.05) is 31.0 Å². The van der Waals surface area contributed by atoms with E-state index in [1.54, 1.807) is 12.4 Å². The number of nitrogens with zero attached hydrogens (tertiary/aromatic N) is 3. The van der Waals surface area contributed by atoms with Gasteiger partial charge >= 0.3 is 0 Å². The zero-order chi connectivity index (χ0) is 12.3. The molecule has 0 radical (unpaired) electrons. The van der Waals surface area contributed by atoms with Gasteiger partial charge in [0.1, 0.15) is 0 Å². The predicted molar refractivity (Wildman–Crippen MR) is 70.0 cm³/mol. The number of halogens is 1. The van der Waals surface area contributed by atoms with Gasteiger partial charge in [-0.3, -0.25) is 0 Å². The molecule has 0 atom stereocenters. The summed E-state index contributed by atoms with van der Waals surface area (Å²) in [6.45, 7) is 0.684. The second-order valence-corrected chi connectivity index (χ2v) is 4.19. The van der Waals surface area contributed by atoms with E-state index in [0.29, 0.717) is 18.2 Å². The molecule has 0 bridgehead atoms. The van der Waals surface area contributed by atoms with Gasteiger partial charge in [-0.15, -0.1) is 0 Å². The summed E-state index contributed by atoms with van der Waals surface area (Å²) in [6, 6.07) is 7.70. The largest absolute Gasteiger partial charge is 0.381 e. The van der Waals surface area contributed by atoms with Crippen molar-refractivity contribution in [2.45, 2.75) is 6.54 Å². The Morgan fingerprint density at radius 1 is 1.29 bits per heavy atom. The molecule has 17 heavy (non-hydrogen) atoms. The van der Waals surface area contributed by atoms with Crippen LogP contribution >= 0.6 is 11.6 Å². The number of aromatic nitrogens is 2. The Bertz CT molecular complexity index is 515. The van der Waals surface area contributed by atoms with E-state index in [-0.39, 0.29) is 0 Å². The highest BCUT2D eigenvalue weighted by molar-refractivity contribution is 6.30. The van der Waals surface area contributed by atoms with Gasteiger partial charge in [0.15, 0.2) is 11.6 Å². The van der Waals surface area contributed by atoms with Crippen molar-refractivity contribution >= 4 is 23.2 Å². The molecule has 2 rings (SSSR count). The third-order valence-electron chi connectivity index (χ3n) is 2.38. The van der Waals surface area contributed by atoms with Gasteiger partial charge in [-0.2, -0.15) is 0 Å². The van der Waals surface area contributed by atoms with Crippen LogP contribution in [0.4, 0.5) is 11.6 Å². The number of benzene rings is 1. The van der Waals surface area contributed by atoms with Crippen molar-refractivity contribution in [3.63, 3.8) is 0 Å². The first-order valence-electron chi connectivity index (χ1n) is 5.19. The molecular formula is C12H13ClN4. The zero-order valence-electron chi connectivity index (χ0n) is 9.47. The lowest BCUT2D eigenvalue weighted by Crippen LogP contribution is -2.19. The molecule has 0 aliphatic heterocycles. The SMILES string of the molecule is CN(Cc1cccc(Cl)c1)c1nccnc1N. The number of nitrogens with two attached hydrogens (primary N) is 1.